The number of hydrogen-bond acceptors (Lipinski definition) is 5. The number of ether oxygens (including phenoxy) is 1. The van der Waals surface area contributed by atoms with Crippen LogP contribution in [0.15, 0.2) is 22.6 Å². The van der Waals surface area contributed by atoms with Gasteiger partial charge in [-0.3, -0.25) is 0 Å². The van der Waals surface area contributed by atoms with E-state index in [9.17, 15) is 4.79 Å². The molecular formula is C14H16N2O4. The highest BCUT2D eigenvalue weighted by molar-refractivity contribution is 5.92. The Bertz CT molecular complexity index is 640. The van der Waals surface area contributed by atoms with Gasteiger partial charge in [0.1, 0.15) is 5.52 Å². The second kappa shape index (κ2) is 4.79. The van der Waals surface area contributed by atoms with E-state index in [2.05, 4.69) is 10.3 Å². The zero-order valence-electron chi connectivity index (χ0n) is 11.2. The monoisotopic (exact) mass is 276 g/mol. The van der Waals surface area contributed by atoms with E-state index in [-0.39, 0.29) is 11.2 Å². The molecule has 0 amide bonds. The molecule has 0 atom stereocenters. The lowest BCUT2D eigenvalue weighted by molar-refractivity contribution is -0.0604. The number of hydrogen-bond donors (Lipinski definition) is 2. The number of anilines is 1. The van der Waals surface area contributed by atoms with Gasteiger partial charge in [0.15, 0.2) is 5.58 Å². The maximum absolute atomic E-state index is 10.9. The molecule has 0 radical (unpaired) electrons. The molecular weight excluding hydrogens is 260 g/mol. The summed E-state index contributed by atoms with van der Waals surface area (Å²) >= 11 is 0. The Labute approximate surface area is 115 Å². The first-order valence-corrected chi connectivity index (χ1v) is 6.55. The average Bonchev–Trinajstić information content (AvgIpc) is 2.79. The zero-order chi connectivity index (χ0) is 14.2. The molecule has 2 aromatic rings. The van der Waals surface area contributed by atoms with E-state index in [0.29, 0.717) is 23.7 Å². The van der Waals surface area contributed by atoms with E-state index in [4.69, 9.17) is 14.3 Å². The van der Waals surface area contributed by atoms with Gasteiger partial charge < -0.3 is 19.6 Å². The number of carbonyl (C=O) groups is 1. The Hall–Kier alpha value is -2.08. The molecule has 0 bridgehead atoms. The van der Waals surface area contributed by atoms with Crippen LogP contribution in [0.5, 0.6) is 0 Å². The number of fused-ring (bicyclic) bond motifs is 1. The van der Waals surface area contributed by atoms with Gasteiger partial charge in [-0.2, -0.15) is 4.98 Å². The topological polar surface area (TPSA) is 84.6 Å². The molecule has 1 aromatic heterocycles. The molecule has 0 saturated heterocycles. The summed E-state index contributed by atoms with van der Waals surface area (Å²) in [6.45, 7) is 0.641. The molecule has 106 valence electrons. The standard InChI is InChI=1S/C14H16N2O4/c1-19-14(5-2-6-14)8-15-13-16-10-4-3-9(12(17)18)7-11(10)20-13/h3-4,7H,2,5-6,8H2,1H3,(H,15,16)(H,17,18). The van der Waals surface area contributed by atoms with E-state index < -0.39 is 5.97 Å². The Morgan fingerprint density at radius 3 is 2.95 bits per heavy atom. The van der Waals surface area contributed by atoms with Gasteiger partial charge in [-0.05, 0) is 37.5 Å². The fourth-order valence-electron chi connectivity index (χ4n) is 2.39. The summed E-state index contributed by atoms with van der Waals surface area (Å²) in [4.78, 5) is 15.2. The number of aromatic nitrogens is 1. The van der Waals surface area contributed by atoms with Crippen LogP contribution in [0.2, 0.25) is 0 Å². The molecule has 1 heterocycles. The van der Waals surface area contributed by atoms with Crippen LogP contribution in [0.1, 0.15) is 29.6 Å². The van der Waals surface area contributed by atoms with Gasteiger partial charge in [-0.15, -0.1) is 0 Å². The second-order valence-electron chi connectivity index (χ2n) is 5.10. The van der Waals surface area contributed by atoms with Crippen molar-refractivity contribution in [2.24, 2.45) is 0 Å². The predicted octanol–water partition coefficient (Wildman–Crippen LogP) is 2.51. The summed E-state index contributed by atoms with van der Waals surface area (Å²) in [6.07, 6.45) is 3.23. The average molecular weight is 276 g/mol. The fourth-order valence-corrected chi connectivity index (χ4v) is 2.39. The lowest BCUT2D eigenvalue weighted by Gasteiger charge is -2.40. The maximum atomic E-state index is 10.9. The van der Waals surface area contributed by atoms with Crippen molar-refractivity contribution in [3.8, 4) is 0 Å². The van der Waals surface area contributed by atoms with Crippen LogP contribution in [0.3, 0.4) is 0 Å². The van der Waals surface area contributed by atoms with Crippen molar-refractivity contribution < 1.29 is 19.1 Å². The first-order valence-electron chi connectivity index (χ1n) is 6.55. The normalized spacial score (nSPS) is 16.9. The Kier molecular flexibility index (Phi) is 3.10. The van der Waals surface area contributed by atoms with Crippen LogP contribution in [0.4, 0.5) is 6.01 Å². The first kappa shape index (κ1) is 12.9. The molecule has 20 heavy (non-hydrogen) atoms. The van der Waals surface area contributed by atoms with E-state index >= 15 is 0 Å². The van der Waals surface area contributed by atoms with Crippen LogP contribution >= 0.6 is 0 Å². The maximum Gasteiger partial charge on any atom is 0.335 e. The molecule has 0 spiro atoms. The minimum Gasteiger partial charge on any atom is -0.478 e. The fraction of sp³-hybridized carbons (Fsp3) is 0.429. The number of oxazole rings is 1. The lowest BCUT2D eigenvalue weighted by Crippen LogP contribution is -2.45. The number of carboxylic acid groups (broad SMARTS) is 1. The van der Waals surface area contributed by atoms with Gasteiger partial charge in [-0.1, -0.05) is 0 Å². The number of rotatable bonds is 5. The summed E-state index contributed by atoms with van der Waals surface area (Å²) in [5.41, 5.74) is 1.17. The number of aromatic carboxylic acids is 1. The highest BCUT2D eigenvalue weighted by atomic mass is 16.5. The van der Waals surface area contributed by atoms with Crippen LogP contribution in [0.25, 0.3) is 11.1 Å². The highest BCUT2D eigenvalue weighted by Gasteiger charge is 2.37. The third kappa shape index (κ3) is 2.22. The van der Waals surface area contributed by atoms with Crippen LogP contribution in [-0.4, -0.2) is 35.3 Å². The van der Waals surface area contributed by atoms with Crippen molar-refractivity contribution in [2.75, 3.05) is 19.0 Å². The number of benzene rings is 1. The molecule has 6 heteroatoms. The molecule has 1 aromatic carbocycles. The highest BCUT2D eigenvalue weighted by Crippen LogP contribution is 2.35. The lowest BCUT2D eigenvalue weighted by atomic mass is 9.80. The molecule has 1 aliphatic rings. The smallest absolute Gasteiger partial charge is 0.335 e. The van der Waals surface area contributed by atoms with Crippen molar-refractivity contribution in [3.63, 3.8) is 0 Å². The van der Waals surface area contributed by atoms with Crippen LogP contribution in [-0.2, 0) is 4.74 Å². The number of nitrogens with one attached hydrogen (secondary N) is 1. The summed E-state index contributed by atoms with van der Waals surface area (Å²) in [6, 6.07) is 5.03. The predicted molar refractivity (Wildman–Crippen MR) is 73.0 cm³/mol. The number of nitrogens with zero attached hydrogens (tertiary/aromatic N) is 1. The SMILES string of the molecule is COC1(CNc2nc3ccc(C(=O)O)cc3o2)CCC1. The third-order valence-electron chi connectivity index (χ3n) is 3.89. The Balaban J connectivity index is 1.77. The zero-order valence-corrected chi connectivity index (χ0v) is 11.2. The molecule has 0 unspecified atom stereocenters. The molecule has 6 nitrogen and oxygen atoms in total. The molecule has 1 aliphatic carbocycles. The van der Waals surface area contributed by atoms with Gasteiger partial charge in [0.2, 0.25) is 0 Å². The third-order valence-corrected chi connectivity index (χ3v) is 3.89. The van der Waals surface area contributed by atoms with E-state index in [0.717, 1.165) is 12.8 Å². The van der Waals surface area contributed by atoms with Crippen molar-refractivity contribution in [2.45, 2.75) is 24.9 Å². The van der Waals surface area contributed by atoms with Gasteiger partial charge >= 0.3 is 5.97 Å². The van der Waals surface area contributed by atoms with Crippen molar-refractivity contribution in [1.82, 2.24) is 4.98 Å². The van der Waals surface area contributed by atoms with Gasteiger partial charge in [0, 0.05) is 13.7 Å². The van der Waals surface area contributed by atoms with Gasteiger partial charge in [-0.25, -0.2) is 4.79 Å². The van der Waals surface area contributed by atoms with Crippen molar-refractivity contribution >= 4 is 23.1 Å². The number of carboxylic acids is 1. The van der Waals surface area contributed by atoms with Gasteiger partial charge in [0.25, 0.3) is 6.01 Å². The molecule has 3 rings (SSSR count). The molecule has 1 fully saturated rings. The van der Waals surface area contributed by atoms with E-state index in [1.807, 2.05) is 0 Å². The Morgan fingerprint density at radius 1 is 1.55 bits per heavy atom. The van der Waals surface area contributed by atoms with Crippen molar-refractivity contribution in [1.29, 1.82) is 0 Å². The van der Waals surface area contributed by atoms with E-state index in [1.54, 1.807) is 13.2 Å². The Morgan fingerprint density at radius 2 is 2.35 bits per heavy atom. The van der Waals surface area contributed by atoms with E-state index in [1.165, 1.54) is 18.6 Å². The minimum atomic E-state index is -0.981. The number of methoxy groups -OCH3 is 1. The quantitative estimate of drug-likeness (QED) is 0.872. The van der Waals surface area contributed by atoms with Crippen molar-refractivity contribution in [3.05, 3.63) is 23.8 Å². The van der Waals surface area contributed by atoms with Crippen LogP contribution < -0.4 is 5.32 Å². The summed E-state index contributed by atoms with van der Waals surface area (Å²) in [5, 5.41) is 12.1. The molecule has 2 N–H and O–H groups in total. The molecule has 0 aliphatic heterocycles. The van der Waals surface area contributed by atoms with Crippen LogP contribution in [0, 0.1) is 0 Å². The van der Waals surface area contributed by atoms with Gasteiger partial charge in [0.05, 0.1) is 11.2 Å². The summed E-state index contributed by atoms with van der Waals surface area (Å²) in [5.74, 6) is -0.981. The minimum absolute atomic E-state index is 0.118. The molecule has 1 saturated carbocycles. The first-order chi connectivity index (χ1) is 9.62. The summed E-state index contributed by atoms with van der Waals surface area (Å²) in [7, 11) is 1.71. The largest absolute Gasteiger partial charge is 0.478 e. The second-order valence-corrected chi connectivity index (χ2v) is 5.10. The summed E-state index contributed by atoms with van der Waals surface area (Å²) < 4.78 is 11.0.